The molecule has 0 radical (unpaired) electrons. The molecule has 0 saturated carbocycles. The van der Waals surface area contributed by atoms with Crippen LogP contribution in [0.2, 0.25) is 0 Å². The standard InChI is InChI=1S/C12H14O7/c13-7-8(14)10(11(16)17)19-12(9(7)15)18-6-4-2-1-3-5-6/h1-5,7-10,12-15H,(H,16,17)/t7-,8-,9+,10-,12+/m0/s1/i1D,2D,3D,4D,5D. The summed E-state index contributed by atoms with van der Waals surface area (Å²) < 4.78 is 47.7. The third kappa shape index (κ3) is 2.85. The van der Waals surface area contributed by atoms with Crippen molar-refractivity contribution in [1.82, 2.24) is 0 Å². The highest BCUT2D eigenvalue weighted by atomic mass is 16.7. The maximum Gasteiger partial charge on any atom is 0.335 e. The fraction of sp³-hybridized carbons (Fsp3) is 0.417. The van der Waals surface area contributed by atoms with E-state index in [-0.39, 0.29) is 0 Å². The molecule has 1 aromatic carbocycles. The van der Waals surface area contributed by atoms with Crippen molar-refractivity contribution in [3.63, 3.8) is 0 Å². The van der Waals surface area contributed by atoms with Crippen molar-refractivity contribution in [3.8, 4) is 5.75 Å². The SMILES string of the molecule is [2H]c1c([2H])c([2H])c(O[C@@H]2O[C@H](C(=O)O)[C@@H](O)[C@H](O)[C@H]2O)c([2H])c1[2H]. The minimum atomic E-state index is -1.94. The lowest BCUT2D eigenvalue weighted by Crippen LogP contribution is -2.61. The first kappa shape index (κ1) is 8.49. The summed E-state index contributed by atoms with van der Waals surface area (Å²) in [5.41, 5.74) is 0. The molecule has 104 valence electrons. The number of aliphatic carboxylic acids is 1. The Morgan fingerprint density at radius 3 is 2.37 bits per heavy atom. The molecule has 0 aromatic heterocycles. The second kappa shape index (κ2) is 5.54. The average Bonchev–Trinajstić information content (AvgIpc) is 2.54. The fourth-order valence-electron chi connectivity index (χ4n) is 1.56. The van der Waals surface area contributed by atoms with Gasteiger partial charge in [-0.2, -0.15) is 0 Å². The molecule has 1 aliphatic heterocycles. The van der Waals surface area contributed by atoms with E-state index < -0.39 is 72.6 Å². The van der Waals surface area contributed by atoms with E-state index in [0.29, 0.717) is 0 Å². The molecule has 0 spiro atoms. The van der Waals surface area contributed by atoms with E-state index in [9.17, 15) is 20.1 Å². The first-order valence-electron chi connectivity index (χ1n) is 7.74. The molecule has 2 rings (SSSR count). The van der Waals surface area contributed by atoms with Gasteiger partial charge in [0.25, 0.3) is 0 Å². The van der Waals surface area contributed by atoms with Gasteiger partial charge in [-0.3, -0.25) is 0 Å². The Morgan fingerprint density at radius 1 is 1.16 bits per heavy atom. The molecule has 4 N–H and O–H groups in total. The van der Waals surface area contributed by atoms with Crippen LogP contribution in [0.4, 0.5) is 0 Å². The summed E-state index contributed by atoms with van der Waals surface area (Å²) in [6, 6.07) is -3.53. The lowest BCUT2D eigenvalue weighted by Gasteiger charge is -2.38. The van der Waals surface area contributed by atoms with Crippen LogP contribution < -0.4 is 4.74 Å². The van der Waals surface area contributed by atoms with E-state index in [0.717, 1.165) is 0 Å². The Kier molecular flexibility index (Phi) is 2.47. The molecule has 7 heteroatoms. The molecule has 7 nitrogen and oxygen atoms in total. The zero-order valence-electron chi connectivity index (χ0n) is 14.4. The normalized spacial score (nSPS) is 38.5. The van der Waals surface area contributed by atoms with Gasteiger partial charge in [-0.15, -0.1) is 0 Å². The zero-order chi connectivity index (χ0) is 18.3. The van der Waals surface area contributed by atoms with Crippen LogP contribution in [0.25, 0.3) is 0 Å². The number of para-hydroxylation sites is 1. The van der Waals surface area contributed by atoms with Gasteiger partial charge in [-0.1, -0.05) is 18.1 Å². The van der Waals surface area contributed by atoms with E-state index in [1.807, 2.05) is 0 Å². The van der Waals surface area contributed by atoms with E-state index in [1.165, 1.54) is 0 Å². The lowest BCUT2D eigenvalue weighted by molar-refractivity contribution is -0.271. The molecule has 1 fully saturated rings. The third-order valence-electron chi connectivity index (χ3n) is 2.52. The zero-order valence-corrected chi connectivity index (χ0v) is 9.40. The van der Waals surface area contributed by atoms with Crippen LogP contribution in [-0.2, 0) is 9.53 Å². The summed E-state index contributed by atoms with van der Waals surface area (Å²) in [4.78, 5) is 11.0. The number of carbonyl (C=O) groups is 1. The van der Waals surface area contributed by atoms with Crippen molar-refractivity contribution >= 4 is 5.97 Å². The van der Waals surface area contributed by atoms with Crippen LogP contribution in [0.3, 0.4) is 0 Å². The molecule has 0 aliphatic carbocycles. The topological polar surface area (TPSA) is 116 Å². The van der Waals surface area contributed by atoms with Crippen LogP contribution in [0, 0.1) is 0 Å². The molecular formula is C12H14O7. The lowest BCUT2D eigenvalue weighted by atomic mass is 9.99. The third-order valence-corrected chi connectivity index (χ3v) is 2.52. The smallest absolute Gasteiger partial charge is 0.335 e. The number of hydrogen-bond acceptors (Lipinski definition) is 6. The number of rotatable bonds is 3. The minimum Gasteiger partial charge on any atom is -0.479 e. The highest BCUT2D eigenvalue weighted by Crippen LogP contribution is 2.24. The molecule has 1 heterocycles. The van der Waals surface area contributed by atoms with Gasteiger partial charge >= 0.3 is 5.97 Å². The molecule has 1 saturated heterocycles. The average molecular weight is 275 g/mol. The Labute approximate surface area is 115 Å². The van der Waals surface area contributed by atoms with E-state index >= 15 is 0 Å². The van der Waals surface area contributed by atoms with Crippen LogP contribution in [0.1, 0.15) is 6.85 Å². The molecule has 1 aliphatic rings. The summed E-state index contributed by atoms with van der Waals surface area (Å²) in [5.74, 6) is -2.32. The summed E-state index contributed by atoms with van der Waals surface area (Å²) in [7, 11) is 0. The Balaban J connectivity index is 2.39. The maximum absolute atomic E-state index is 11.0. The van der Waals surface area contributed by atoms with Crippen molar-refractivity contribution in [2.75, 3.05) is 0 Å². The van der Waals surface area contributed by atoms with Gasteiger partial charge in [0, 0.05) is 0 Å². The van der Waals surface area contributed by atoms with Crippen molar-refractivity contribution in [2.24, 2.45) is 0 Å². The Bertz CT molecular complexity index is 641. The predicted octanol–water partition coefficient (Wildman–Crippen LogP) is -1.04. The van der Waals surface area contributed by atoms with E-state index in [2.05, 4.69) is 0 Å². The quantitative estimate of drug-likeness (QED) is 0.556. The largest absolute Gasteiger partial charge is 0.479 e. The number of benzene rings is 1. The van der Waals surface area contributed by atoms with Gasteiger partial charge in [-0.05, 0) is 12.1 Å². The number of aliphatic hydroxyl groups excluding tert-OH is 3. The van der Waals surface area contributed by atoms with Gasteiger partial charge in [0.1, 0.15) is 24.1 Å². The van der Waals surface area contributed by atoms with Crippen LogP contribution in [-0.4, -0.2) is 57.1 Å². The predicted molar refractivity (Wildman–Crippen MR) is 61.4 cm³/mol. The van der Waals surface area contributed by atoms with Gasteiger partial charge in [0.15, 0.2) is 6.10 Å². The summed E-state index contributed by atoms with van der Waals surface area (Å²) in [6.07, 6.45) is -9.58. The van der Waals surface area contributed by atoms with E-state index in [1.54, 1.807) is 0 Å². The van der Waals surface area contributed by atoms with Crippen LogP contribution in [0.5, 0.6) is 5.75 Å². The number of ether oxygens (including phenoxy) is 2. The second-order valence-electron chi connectivity index (χ2n) is 3.81. The number of carboxylic acid groups (broad SMARTS) is 1. The summed E-state index contributed by atoms with van der Waals surface area (Å²) in [5, 5.41) is 38.0. The molecule has 19 heavy (non-hydrogen) atoms. The summed E-state index contributed by atoms with van der Waals surface area (Å²) >= 11 is 0. The number of aliphatic hydroxyl groups is 3. The molecular weight excluding hydrogens is 256 g/mol. The maximum atomic E-state index is 11.0. The Morgan fingerprint density at radius 2 is 1.79 bits per heavy atom. The van der Waals surface area contributed by atoms with Crippen molar-refractivity contribution in [2.45, 2.75) is 30.7 Å². The molecule has 0 unspecified atom stereocenters. The molecule has 0 bridgehead atoms. The fourth-order valence-corrected chi connectivity index (χ4v) is 1.56. The first-order valence-corrected chi connectivity index (χ1v) is 5.24. The van der Waals surface area contributed by atoms with Crippen LogP contribution >= 0.6 is 0 Å². The summed E-state index contributed by atoms with van der Waals surface area (Å²) in [6.45, 7) is 0. The number of carboxylic acids is 1. The number of hydrogen-bond donors (Lipinski definition) is 4. The van der Waals surface area contributed by atoms with Gasteiger partial charge in [-0.25, -0.2) is 4.79 Å². The van der Waals surface area contributed by atoms with Crippen molar-refractivity contribution < 1.29 is 41.5 Å². The van der Waals surface area contributed by atoms with Crippen molar-refractivity contribution in [3.05, 3.63) is 30.2 Å². The monoisotopic (exact) mass is 275 g/mol. The molecule has 1 aromatic rings. The van der Waals surface area contributed by atoms with Crippen molar-refractivity contribution in [1.29, 1.82) is 0 Å². The van der Waals surface area contributed by atoms with Crippen LogP contribution in [0.15, 0.2) is 30.2 Å². The Hall–Kier alpha value is -1.67. The highest BCUT2D eigenvalue weighted by molar-refractivity contribution is 5.73. The first-order chi connectivity index (χ1) is 11.1. The second-order valence-corrected chi connectivity index (χ2v) is 3.81. The van der Waals surface area contributed by atoms with Gasteiger partial charge in [0.2, 0.25) is 6.29 Å². The van der Waals surface area contributed by atoms with Gasteiger partial charge < -0.3 is 29.9 Å². The van der Waals surface area contributed by atoms with Gasteiger partial charge in [0.05, 0.1) is 6.85 Å². The molecule has 5 atom stereocenters. The minimum absolute atomic E-state index is 0.665. The highest BCUT2D eigenvalue weighted by Gasteiger charge is 2.48. The van der Waals surface area contributed by atoms with E-state index in [4.69, 9.17) is 21.4 Å². The molecule has 0 amide bonds.